The maximum absolute atomic E-state index is 12.0. The predicted octanol–water partition coefficient (Wildman–Crippen LogP) is 1.27. The highest BCUT2D eigenvalue weighted by molar-refractivity contribution is 6.17. The second-order valence-corrected chi connectivity index (χ2v) is 4.95. The Bertz CT molecular complexity index is 605. The number of carbonyl (C=O) groups is 2. The van der Waals surface area contributed by atoms with Gasteiger partial charge >= 0.3 is 0 Å². The number of aliphatic hydroxyl groups excluding tert-OH is 1. The van der Waals surface area contributed by atoms with Gasteiger partial charge in [-0.2, -0.15) is 0 Å². The van der Waals surface area contributed by atoms with Crippen LogP contribution in [0.5, 0.6) is 0 Å². The first-order valence-electron chi connectivity index (χ1n) is 6.47. The van der Waals surface area contributed by atoms with E-state index in [4.69, 9.17) is 5.11 Å². The Kier molecular flexibility index (Phi) is 3.90. The third kappa shape index (κ3) is 2.58. The number of rotatable bonds is 4. The number of hydrogen-bond acceptors (Lipinski definition) is 4. The minimum Gasteiger partial charge on any atom is -0.395 e. The van der Waals surface area contributed by atoms with E-state index < -0.39 is 11.8 Å². The Morgan fingerprint density at radius 3 is 2.40 bits per heavy atom. The molecule has 0 radical (unpaired) electrons. The molecule has 0 atom stereocenters. The number of aliphatic hydroxyl groups is 1. The standard InChI is InChI=1S/C15H18N2O3/c1-9-6-11(3)12(7-10(9)2)16-13-8-14(19)17(4-5-18)15(13)20/h6-8,16,18H,4-5H2,1-3H3. The van der Waals surface area contributed by atoms with E-state index in [1.165, 1.54) is 11.6 Å². The number of anilines is 1. The smallest absolute Gasteiger partial charge is 0.277 e. The molecule has 20 heavy (non-hydrogen) atoms. The summed E-state index contributed by atoms with van der Waals surface area (Å²) in [5, 5.41) is 11.9. The van der Waals surface area contributed by atoms with Gasteiger partial charge in [0.1, 0.15) is 5.70 Å². The highest BCUT2D eigenvalue weighted by Crippen LogP contribution is 2.23. The van der Waals surface area contributed by atoms with Crippen molar-refractivity contribution in [3.05, 3.63) is 40.6 Å². The molecule has 106 valence electrons. The van der Waals surface area contributed by atoms with Crippen molar-refractivity contribution in [2.24, 2.45) is 0 Å². The quantitative estimate of drug-likeness (QED) is 0.811. The van der Waals surface area contributed by atoms with Gasteiger partial charge in [-0.1, -0.05) is 6.07 Å². The minimum absolute atomic E-state index is 0.0191. The molecule has 0 fully saturated rings. The lowest BCUT2D eigenvalue weighted by molar-refractivity contribution is -0.137. The topological polar surface area (TPSA) is 69.6 Å². The fourth-order valence-corrected chi connectivity index (χ4v) is 2.15. The molecule has 0 bridgehead atoms. The van der Waals surface area contributed by atoms with Crippen LogP contribution in [0.25, 0.3) is 0 Å². The number of nitrogens with one attached hydrogen (secondary N) is 1. The van der Waals surface area contributed by atoms with Gasteiger partial charge in [-0.15, -0.1) is 0 Å². The minimum atomic E-state index is -0.401. The Balaban J connectivity index is 2.23. The van der Waals surface area contributed by atoms with Crippen molar-refractivity contribution in [3.8, 4) is 0 Å². The Morgan fingerprint density at radius 2 is 1.75 bits per heavy atom. The molecule has 2 N–H and O–H groups in total. The van der Waals surface area contributed by atoms with E-state index in [0.29, 0.717) is 0 Å². The molecular weight excluding hydrogens is 256 g/mol. The van der Waals surface area contributed by atoms with E-state index in [2.05, 4.69) is 5.32 Å². The normalized spacial score (nSPS) is 14.8. The molecule has 2 rings (SSSR count). The summed E-state index contributed by atoms with van der Waals surface area (Å²) in [6, 6.07) is 3.99. The fraction of sp³-hybridized carbons (Fsp3) is 0.333. The van der Waals surface area contributed by atoms with E-state index in [1.807, 2.05) is 32.9 Å². The second-order valence-electron chi connectivity index (χ2n) is 4.95. The van der Waals surface area contributed by atoms with Gasteiger partial charge in [0.15, 0.2) is 0 Å². The highest BCUT2D eigenvalue weighted by atomic mass is 16.3. The Morgan fingerprint density at radius 1 is 1.10 bits per heavy atom. The number of benzene rings is 1. The molecule has 5 nitrogen and oxygen atoms in total. The third-order valence-corrected chi connectivity index (χ3v) is 3.44. The molecule has 1 aliphatic rings. The third-order valence-electron chi connectivity index (χ3n) is 3.44. The van der Waals surface area contributed by atoms with E-state index in [9.17, 15) is 9.59 Å². The zero-order chi connectivity index (χ0) is 14.9. The van der Waals surface area contributed by atoms with Crippen molar-refractivity contribution >= 4 is 17.5 Å². The van der Waals surface area contributed by atoms with Gasteiger partial charge in [0, 0.05) is 11.8 Å². The van der Waals surface area contributed by atoms with Crippen LogP contribution in [0.3, 0.4) is 0 Å². The summed E-state index contributed by atoms with van der Waals surface area (Å²) in [5.41, 5.74) is 4.36. The Hall–Kier alpha value is -2.14. The van der Waals surface area contributed by atoms with Crippen LogP contribution in [-0.2, 0) is 9.59 Å². The van der Waals surface area contributed by atoms with Crippen LogP contribution in [0.1, 0.15) is 16.7 Å². The van der Waals surface area contributed by atoms with Gasteiger partial charge in [-0.3, -0.25) is 14.5 Å². The second kappa shape index (κ2) is 5.46. The van der Waals surface area contributed by atoms with Gasteiger partial charge in [-0.05, 0) is 43.5 Å². The molecule has 0 unspecified atom stereocenters. The molecule has 5 heteroatoms. The zero-order valence-corrected chi connectivity index (χ0v) is 11.9. The van der Waals surface area contributed by atoms with E-state index in [0.717, 1.165) is 21.7 Å². The molecule has 1 aromatic rings. The van der Waals surface area contributed by atoms with Gasteiger partial charge in [-0.25, -0.2) is 0 Å². The van der Waals surface area contributed by atoms with Crippen LogP contribution in [0.4, 0.5) is 5.69 Å². The number of amides is 2. The van der Waals surface area contributed by atoms with Crippen molar-refractivity contribution in [2.75, 3.05) is 18.5 Å². The van der Waals surface area contributed by atoms with Crippen LogP contribution in [0.15, 0.2) is 23.9 Å². The van der Waals surface area contributed by atoms with Gasteiger partial charge in [0.05, 0.1) is 13.2 Å². The first-order valence-corrected chi connectivity index (χ1v) is 6.47. The van der Waals surface area contributed by atoms with Crippen LogP contribution in [-0.4, -0.2) is 35.0 Å². The Labute approximate surface area is 117 Å². The van der Waals surface area contributed by atoms with Crippen molar-refractivity contribution in [3.63, 3.8) is 0 Å². The average Bonchev–Trinajstić information content (AvgIpc) is 2.64. The number of nitrogens with zero attached hydrogens (tertiary/aromatic N) is 1. The van der Waals surface area contributed by atoms with Crippen LogP contribution in [0, 0.1) is 20.8 Å². The summed E-state index contributed by atoms with van der Waals surface area (Å²) >= 11 is 0. The first-order chi connectivity index (χ1) is 9.43. The van der Waals surface area contributed by atoms with Gasteiger partial charge < -0.3 is 10.4 Å². The predicted molar refractivity (Wildman–Crippen MR) is 76.2 cm³/mol. The lowest BCUT2D eigenvalue weighted by Crippen LogP contribution is -2.34. The molecule has 0 aromatic heterocycles. The number of carbonyl (C=O) groups excluding carboxylic acids is 2. The summed E-state index contributed by atoms with van der Waals surface area (Å²) in [6.07, 6.45) is 1.27. The number of β-amino-alcohol motifs (C(OH)–C–C–N with tert-alkyl or cyclic N) is 1. The summed E-state index contributed by atoms with van der Waals surface area (Å²) in [6.45, 7) is 5.75. The molecule has 0 aliphatic carbocycles. The van der Waals surface area contributed by atoms with E-state index in [1.54, 1.807) is 0 Å². The van der Waals surface area contributed by atoms with Crippen LogP contribution < -0.4 is 5.32 Å². The fourth-order valence-electron chi connectivity index (χ4n) is 2.15. The SMILES string of the molecule is Cc1cc(C)c(NC2=CC(=O)N(CCO)C2=O)cc1C. The monoisotopic (exact) mass is 274 g/mol. The average molecular weight is 274 g/mol. The first kappa shape index (κ1) is 14.3. The van der Waals surface area contributed by atoms with Crippen LogP contribution >= 0.6 is 0 Å². The zero-order valence-electron chi connectivity index (χ0n) is 11.9. The van der Waals surface area contributed by atoms with Gasteiger partial charge in [0.2, 0.25) is 0 Å². The molecule has 1 aromatic carbocycles. The van der Waals surface area contributed by atoms with Gasteiger partial charge in [0.25, 0.3) is 11.8 Å². The summed E-state index contributed by atoms with van der Waals surface area (Å²) in [7, 11) is 0. The lowest BCUT2D eigenvalue weighted by Gasteiger charge is -2.15. The van der Waals surface area contributed by atoms with Crippen molar-refractivity contribution in [1.82, 2.24) is 4.90 Å². The number of imide groups is 1. The summed E-state index contributed by atoms with van der Waals surface area (Å²) < 4.78 is 0. The van der Waals surface area contributed by atoms with Crippen LogP contribution in [0.2, 0.25) is 0 Å². The largest absolute Gasteiger partial charge is 0.395 e. The summed E-state index contributed by atoms with van der Waals surface area (Å²) in [5.74, 6) is -0.797. The van der Waals surface area contributed by atoms with Crippen molar-refractivity contribution in [2.45, 2.75) is 20.8 Å². The molecule has 2 amide bonds. The lowest BCUT2D eigenvalue weighted by atomic mass is 10.0. The number of aryl methyl sites for hydroxylation is 3. The molecule has 0 saturated carbocycles. The van der Waals surface area contributed by atoms with E-state index >= 15 is 0 Å². The molecule has 0 spiro atoms. The van der Waals surface area contributed by atoms with Crippen molar-refractivity contribution < 1.29 is 14.7 Å². The summed E-state index contributed by atoms with van der Waals surface area (Å²) in [4.78, 5) is 24.7. The molecule has 1 aliphatic heterocycles. The molecular formula is C15H18N2O3. The molecule has 0 saturated heterocycles. The maximum Gasteiger partial charge on any atom is 0.277 e. The number of hydrogen-bond donors (Lipinski definition) is 2. The highest BCUT2D eigenvalue weighted by Gasteiger charge is 2.30. The molecule has 1 heterocycles. The van der Waals surface area contributed by atoms with Crippen molar-refractivity contribution in [1.29, 1.82) is 0 Å². The van der Waals surface area contributed by atoms with E-state index in [-0.39, 0.29) is 18.8 Å². The maximum atomic E-state index is 12.0.